The summed E-state index contributed by atoms with van der Waals surface area (Å²) in [5.41, 5.74) is 1.97. The average molecular weight is 501 g/mol. The summed E-state index contributed by atoms with van der Waals surface area (Å²) in [7, 11) is 4.76. The highest BCUT2D eigenvalue weighted by Gasteiger charge is 2.30. The number of aliphatic imine (C=N–C) groups is 1. The minimum atomic E-state index is -4.39. The van der Waals surface area contributed by atoms with Crippen molar-refractivity contribution in [1.29, 1.82) is 0 Å². The zero-order chi connectivity index (χ0) is 26.3. The van der Waals surface area contributed by atoms with Crippen molar-refractivity contribution in [3.8, 4) is 11.5 Å². The predicted molar refractivity (Wildman–Crippen MR) is 131 cm³/mol. The van der Waals surface area contributed by atoms with Crippen LogP contribution in [0.1, 0.15) is 35.2 Å². The molecule has 36 heavy (non-hydrogen) atoms. The van der Waals surface area contributed by atoms with Gasteiger partial charge in [0.15, 0.2) is 11.5 Å². The van der Waals surface area contributed by atoms with Crippen LogP contribution in [0.15, 0.2) is 65.9 Å². The number of carbonyl (C=O) groups is 1. The van der Waals surface area contributed by atoms with Crippen LogP contribution >= 0.6 is 0 Å². The molecule has 0 aliphatic heterocycles. The Morgan fingerprint density at radius 3 is 2.42 bits per heavy atom. The normalized spacial score (nSPS) is 13.3. The maximum atomic E-state index is 12.9. The van der Waals surface area contributed by atoms with Gasteiger partial charge < -0.3 is 14.8 Å². The summed E-state index contributed by atoms with van der Waals surface area (Å²) in [4.78, 5) is 15.6. The second-order valence-electron chi connectivity index (χ2n) is 7.88. The van der Waals surface area contributed by atoms with Gasteiger partial charge in [-0.15, -0.1) is 0 Å². The first-order valence-corrected chi connectivity index (χ1v) is 11.0. The molecule has 1 atom stereocenters. The van der Waals surface area contributed by atoms with Crippen LogP contribution in [0, 0.1) is 0 Å². The number of benzene rings is 2. The van der Waals surface area contributed by atoms with Gasteiger partial charge in [0.1, 0.15) is 12.1 Å². The number of amidine groups is 1. The van der Waals surface area contributed by atoms with Crippen LogP contribution in [0.3, 0.4) is 0 Å². The van der Waals surface area contributed by atoms with E-state index < -0.39 is 11.7 Å². The number of rotatable bonds is 9. The van der Waals surface area contributed by atoms with Crippen LogP contribution in [-0.2, 0) is 17.4 Å². The van der Waals surface area contributed by atoms with E-state index in [1.807, 2.05) is 19.1 Å². The van der Waals surface area contributed by atoms with Crippen LogP contribution in [0.4, 0.5) is 13.2 Å². The molecule has 3 aromatic rings. The molecule has 0 radical (unpaired) electrons. The number of alkyl halides is 3. The monoisotopic (exact) mass is 500 g/mol. The number of methoxy groups -OCH3 is 2. The fourth-order valence-electron chi connectivity index (χ4n) is 3.59. The third-order valence-electron chi connectivity index (χ3n) is 5.63. The van der Waals surface area contributed by atoms with Crippen molar-refractivity contribution in [1.82, 2.24) is 15.1 Å². The molecular weight excluding hydrogens is 473 g/mol. The highest BCUT2D eigenvalue weighted by molar-refractivity contribution is 5.95. The van der Waals surface area contributed by atoms with Gasteiger partial charge in [0, 0.05) is 31.3 Å². The van der Waals surface area contributed by atoms with Crippen LogP contribution < -0.4 is 14.8 Å². The smallest absolute Gasteiger partial charge is 0.416 e. The molecule has 0 aliphatic carbocycles. The summed E-state index contributed by atoms with van der Waals surface area (Å²) in [6, 6.07) is 10.2. The third-order valence-corrected chi connectivity index (χ3v) is 5.63. The standard InChI is InChI=1S/C26H27F3N4O3/c1-17(19-6-8-21(9-7-19)26(27,28)29)33-16-20(15-31-33)22(11-12-34)32-25(30-2)14-18-5-10-23(35-3)24(13-18)36-4/h5-13,15-17H,14H2,1-4H3,(H,30,32)/b22-11-. The van der Waals surface area contributed by atoms with Crippen molar-refractivity contribution in [3.05, 3.63) is 83.2 Å². The first kappa shape index (κ1) is 26.5. The first-order valence-electron chi connectivity index (χ1n) is 11.0. The molecule has 1 unspecified atom stereocenters. The highest BCUT2D eigenvalue weighted by Crippen LogP contribution is 2.31. The second-order valence-corrected chi connectivity index (χ2v) is 7.88. The lowest BCUT2D eigenvalue weighted by Crippen LogP contribution is -2.24. The number of carbonyl (C=O) groups excluding carboxylic acids is 1. The fourth-order valence-corrected chi connectivity index (χ4v) is 3.59. The Hall–Kier alpha value is -4.08. The summed E-state index contributed by atoms with van der Waals surface area (Å²) in [5.74, 6) is 1.80. The molecule has 10 heteroatoms. The zero-order valence-corrected chi connectivity index (χ0v) is 20.3. The van der Waals surface area contributed by atoms with Crippen molar-refractivity contribution < 1.29 is 27.4 Å². The molecule has 1 aromatic heterocycles. The number of hydrogen-bond donors (Lipinski definition) is 1. The largest absolute Gasteiger partial charge is 0.493 e. The van der Waals surface area contributed by atoms with Crippen molar-refractivity contribution in [2.24, 2.45) is 4.99 Å². The Morgan fingerprint density at radius 1 is 1.14 bits per heavy atom. The van der Waals surface area contributed by atoms with Crippen LogP contribution in [0.25, 0.3) is 5.70 Å². The number of nitrogens with zero attached hydrogens (tertiary/aromatic N) is 3. The van der Waals surface area contributed by atoms with E-state index in [1.165, 1.54) is 18.2 Å². The van der Waals surface area contributed by atoms with E-state index in [-0.39, 0.29) is 6.04 Å². The van der Waals surface area contributed by atoms with Crippen LogP contribution in [-0.4, -0.2) is 43.2 Å². The Labute approximate surface area is 207 Å². The minimum absolute atomic E-state index is 0.329. The van der Waals surface area contributed by atoms with E-state index in [1.54, 1.807) is 44.4 Å². The molecular formula is C26H27F3N4O3. The Balaban J connectivity index is 1.78. The summed E-state index contributed by atoms with van der Waals surface area (Å²) < 4.78 is 50.9. The SMILES string of the molecule is CN=C(Cc1ccc(OC)c(OC)c1)N/C(=C\C=O)c1cnn(C(C)c2ccc(C(F)(F)F)cc2)c1. The van der Waals surface area contributed by atoms with Crippen LogP contribution in [0.2, 0.25) is 0 Å². The van der Waals surface area contributed by atoms with Crippen LogP contribution in [0.5, 0.6) is 11.5 Å². The van der Waals surface area contributed by atoms with Gasteiger partial charge in [-0.1, -0.05) is 18.2 Å². The molecule has 0 saturated heterocycles. The molecule has 3 rings (SSSR count). The Morgan fingerprint density at radius 2 is 1.83 bits per heavy atom. The van der Waals surface area contributed by atoms with Gasteiger partial charge in [-0.3, -0.25) is 14.5 Å². The summed E-state index contributed by atoms with van der Waals surface area (Å²) >= 11 is 0. The van der Waals surface area contributed by atoms with E-state index >= 15 is 0 Å². The number of allylic oxidation sites excluding steroid dienone is 1. The molecule has 1 N–H and O–H groups in total. The molecule has 0 saturated carbocycles. The maximum Gasteiger partial charge on any atom is 0.416 e. The first-order chi connectivity index (χ1) is 17.2. The van der Waals surface area contributed by atoms with Gasteiger partial charge >= 0.3 is 6.18 Å². The van der Waals surface area contributed by atoms with Crippen molar-refractivity contribution >= 4 is 17.8 Å². The Bertz CT molecular complexity index is 1250. The van der Waals surface area contributed by atoms with E-state index in [9.17, 15) is 18.0 Å². The summed E-state index contributed by atoms with van der Waals surface area (Å²) in [5, 5.41) is 7.53. The Kier molecular flexibility index (Phi) is 8.52. The van der Waals surface area contributed by atoms with E-state index in [2.05, 4.69) is 15.4 Å². The van der Waals surface area contributed by atoms with Crippen molar-refractivity contribution in [2.75, 3.05) is 21.3 Å². The topological polar surface area (TPSA) is 77.7 Å². The molecule has 0 fully saturated rings. The van der Waals surface area contributed by atoms with Crippen molar-refractivity contribution in [3.63, 3.8) is 0 Å². The average Bonchev–Trinajstić information content (AvgIpc) is 3.37. The molecule has 0 amide bonds. The van der Waals surface area contributed by atoms with E-state index in [0.717, 1.165) is 17.7 Å². The van der Waals surface area contributed by atoms with Gasteiger partial charge in [-0.05, 0) is 42.3 Å². The van der Waals surface area contributed by atoms with Gasteiger partial charge in [0.25, 0.3) is 0 Å². The number of nitrogens with one attached hydrogen (secondary N) is 1. The molecule has 0 spiro atoms. The molecule has 0 aliphatic rings. The lowest BCUT2D eigenvalue weighted by atomic mass is 10.1. The molecule has 7 nitrogen and oxygen atoms in total. The lowest BCUT2D eigenvalue weighted by molar-refractivity contribution is -0.137. The predicted octanol–water partition coefficient (Wildman–Crippen LogP) is 4.93. The number of halogens is 3. The second kappa shape index (κ2) is 11.6. The molecule has 1 heterocycles. The zero-order valence-electron chi connectivity index (χ0n) is 20.3. The van der Waals surface area contributed by atoms with Gasteiger partial charge in [0.05, 0.1) is 37.7 Å². The number of hydrogen-bond acceptors (Lipinski definition) is 5. The van der Waals surface area contributed by atoms with Crippen molar-refractivity contribution in [2.45, 2.75) is 25.6 Å². The quantitative estimate of drug-likeness (QED) is 0.195. The number of ether oxygens (including phenoxy) is 2. The minimum Gasteiger partial charge on any atom is -0.493 e. The van der Waals surface area contributed by atoms with E-state index in [4.69, 9.17) is 9.47 Å². The number of aldehydes is 1. The van der Waals surface area contributed by atoms with Gasteiger partial charge in [-0.25, -0.2) is 0 Å². The molecule has 0 bridgehead atoms. The van der Waals surface area contributed by atoms with Gasteiger partial charge in [-0.2, -0.15) is 18.3 Å². The summed E-state index contributed by atoms with van der Waals surface area (Å²) in [6.45, 7) is 1.83. The molecule has 190 valence electrons. The highest BCUT2D eigenvalue weighted by atomic mass is 19.4. The lowest BCUT2D eigenvalue weighted by Gasteiger charge is -2.15. The molecule has 2 aromatic carbocycles. The van der Waals surface area contributed by atoms with Gasteiger partial charge in [0.2, 0.25) is 0 Å². The number of aromatic nitrogens is 2. The summed E-state index contributed by atoms with van der Waals surface area (Å²) in [6.07, 6.45) is 1.35. The maximum absolute atomic E-state index is 12.9. The van der Waals surface area contributed by atoms with E-state index in [0.29, 0.717) is 46.9 Å². The fraction of sp³-hybridized carbons (Fsp3) is 0.269. The third kappa shape index (κ3) is 6.32.